The summed E-state index contributed by atoms with van der Waals surface area (Å²) in [6, 6.07) is 2.00. The highest BCUT2D eigenvalue weighted by atomic mass is 32.1. The molecular weight excluding hydrogens is 400 g/mol. The number of piperidine rings is 1. The number of rotatable bonds is 5. The summed E-state index contributed by atoms with van der Waals surface area (Å²) in [7, 11) is 0. The largest absolute Gasteiger partial charge is 0.379 e. The van der Waals surface area contributed by atoms with E-state index in [1.54, 1.807) is 6.20 Å². The monoisotopic (exact) mass is 422 g/mol. The maximum atomic E-state index is 12.4. The first-order valence-corrected chi connectivity index (χ1v) is 10.6. The van der Waals surface area contributed by atoms with Gasteiger partial charge in [-0.3, -0.25) is 9.59 Å². The van der Waals surface area contributed by atoms with E-state index in [0.717, 1.165) is 28.7 Å². The molecule has 1 amide bonds. The third-order valence-corrected chi connectivity index (χ3v) is 6.21. The zero-order valence-electron chi connectivity index (χ0n) is 16.8. The first kappa shape index (κ1) is 20.0. The fraction of sp³-hybridized carbons (Fsp3) is 0.381. The topological polar surface area (TPSA) is 104 Å². The molecule has 30 heavy (non-hydrogen) atoms. The molecule has 3 aromatic heterocycles. The lowest BCUT2D eigenvalue weighted by Gasteiger charge is -2.37. The van der Waals surface area contributed by atoms with Crippen LogP contribution in [0.2, 0.25) is 0 Å². The number of carbonyl (C=O) groups excluding carboxylic acids is 2. The van der Waals surface area contributed by atoms with Crippen molar-refractivity contribution >= 4 is 39.7 Å². The molecule has 0 bridgehead atoms. The minimum atomic E-state index is -0.118. The highest BCUT2D eigenvalue weighted by Crippen LogP contribution is 2.36. The van der Waals surface area contributed by atoms with Gasteiger partial charge in [0.1, 0.15) is 5.65 Å². The van der Waals surface area contributed by atoms with Crippen molar-refractivity contribution in [2.24, 2.45) is 5.92 Å². The van der Waals surface area contributed by atoms with E-state index in [-0.39, 0.29) is 24.2 Å². The Morgan fingerprint density at radius 1 is 1.40 bits per heavy atom. The summed E-state index contributed by atoms with van der Waals surface area (Å²) in [5.74, 6) is 2.65. The molecule has 2 atom stereocenters. The zero-order valence-corrected chi connectivity index (χ0v) is 17.6. The van der Waals surface area contributed by atoms with Crippen LogP contribution in [0.4, 0.5) is 5.69 Å². The van der Waals surface area contributed by atoms with Crippen molar-refractivity contribution in [2.75, 3.05) is 18.4 Å². The molecule has 0 spiro atoms. The molecule has 1 aliphatic rings. The number of carbonyl (C=O) groups is 2. The van der Waals surface area contributed by atoms with Crippen LogP contribution in [0.1, 0.15) is 36.5 Å². The normalized spacial score (nSPS) is 18.9. The first-order chi connectivity index (χ1) is 14.5. The minimum absolute atomic E-state index is 0.0205. The smallest absolute Gasteiger partial charge is 0.234 e. The van der Waals surface area contributed by atoms with Crippen molar-refractivity contribution in [3.05, 3.63) is 23.5 Å². The molecule has 4 rings (SSSR count). The Morgan fingerprint density at radius 2 is 2.23 bits per heavy atom. The van der Waals surface area contributed by atoms with Gasteiger partial charge >= 0.3 is 0 Å². The Kier molecular flexibility index (Phi) is 5.50. The lowest BCUT2D eigenvalue weighted by atomic mass is 9.95. The Labute approximate surface area is 178 Å². The van der Waals surface area contributed by atoms with Gasteiger partial charge in [0.2, 0.25) is 5.91 Å². The number of aromatic nitrogens is 4. The number of terminal acetylenes is 1. The molecule has 1 fully saturated rings. The number of pyridine rings is 1. The number of Topliss-reactive ketones (excluding diaryl/α,β-unsaturated/α-hetero) is 1. The second-order valence-electron chi connectivity index (χ2n) is 7.62. The number of ketones is 1. The molecule has 3 aromatic rings. The molecule has 0 aromatic carbocycles. The molecule has 1 aliphatic heterocycles. The van der Waals surface area contributed by atoms with E-state index in [1.807, 2.05) is 17.2 Å². The van der Waals surface area contributed by atoms with E-state index in [9.17, 15) is 9.59 Å². The maximum Gasteiger partial charge on any atom is 0.234 e. The number of likely N-dealkylation sites (tertiary alicyclic amines) is 1. The van der Waals surface area contributed by atoms with Gasteiger partial charge in [-0.1, -0.05) is 24.2 Å². The molecule has 0 aliphatic carbocycles. The number of fused-ring (bicyclic) bond motifs is 1. The third kappa shape index (κ3) is 3.91. The van der Waals surface area contributed by atoms with Gasteiger partial charge in [-0.25, -0.2) is 4.98 Å². The van der Waals surface area contributed by atoms with Gasteiger partial charge in [0.25, 0.3) is 0 Å². The van der Waals surface area contributed by atoms with E-state index < -0.39 is 0 Å². The van der Waals surface area contributed by atoms with Crippen molar-refractivity contribution in [2.45, 2.75) is 32.7 Å². The molecule has 1 saturated heterocycles. The molecule has 4 heterocycles. The number of hydrogen-bond donors (Lipinski definition) is 2. The molecule has 8 nitrogen and oxygen atoms in total. The van der Waals surface area contributed by atoms with E-state index in [1.165, 1.54) is 18.3 Å². The van der Waals surface area contributed by atoms with Crippen molar-refractivity contribution in [3.8, 4) is 22.9 Å². The Balaban J connectivity index is 1.69. The van der Waals surface area contributed by atoms with Crippen LogP contribution in [-0.4, -0.2) is 55.9 Å². The number of H-pyrrole nitrogens is 1. The third-order valence-electron chi connectivity index (χ3n) is 5.16. The lowest BCUT2D eigenvalue weighted by Crippen LogP contribution is -2.48. The molecule has 9 heteroatoms. The lowest BCUT2D eigenvalue weighted by molar-refractivity contribution is -0.131. The summed E-state index contributed by atoms with van der Waals surface area (Å²) in [5, 5.41) is 13.7. The van der Waals surface area contributed by atoms with Crippen LogP contribution in [0.3, 0.4) is 0 Å². The minimum Gasteiger partial charge on any atom is -0.379 e. The number of nitrogens with zero attached hydrogens (tertiary/aromatic N) is 4. The van der Waals surface area contributed by atoms with Crippen LogP contribution < -0.4 is 5.32 Å². The van der Waals surface area contributed by atoms with Gasteiger partial charge in [0.15, 0.2) is 15.8 Å². The van der Waals surface area contributed by atoms with Gasteiger partial charge in [0.05, 0.1) is 17.7 Å². The van der Waals surface area contributed by atoms with Crippen molar-refractivity contribution < 1.29 is 9.59 Å². The summed E-state index contributed by atoms with van der Waals surface area (Å²) in [5.41, 5.74) is 2.41. The quantitative estimate of drug-likeness (QED) is 0.484. The summed E-state index contributed by atoms with van der Waals surface area (Å²) >= 11 is 1.25. The highest BCUT2D eigenvalue weighted by molar-refractivity contribution is 7.16. The van der Waals surface area contributed by atoms with Crippen molar-refractivity contribution in [3.63, 3.8) is 0 Å². The number of anilines is 1. The summed E-state index contributed by atoms with van der Waals surface area (Å²) in [6.07, 6.45) is 9.93. The SMILES string of the molecule is C#CCC(=O)N1C[C@@H](C)C[C@@H](Nc2c(-c3nnc(C(C)=O)s3)cnc3[nH]ccc23)C1. The average molecular weight is 423 g/mol. The van der Waals surface area contributed by atoms with Crippen LogP contribution >= 0.6 is 11.3 Å². The van der Waals surface area contributed by atoms with Gasteiger partial charge in [-0.15, -0.1) is 16.6 Å². The highest BCUT2D eigenvalue weighted by Gasteiger charge is 2.29. The first-order valence-electron chi connectivity index (χ1n) is 9.75. The predicted octanol–water partition coefficient (Wildman–Crippen LogP) is 2.96. The second kappa shape index (κ2) is 8.24. The summed E-state index contributed by atoms with van der Waals surface area (Å²) in [6.45, 7) is 4.89. The van der Waals surface area contributed by atoms with Crippen LogP contribution in [0.25, 0.3) is 21.6 Å². The van der Waals surface area contributed by atoms with E-state index in [0.29, 0.717) is 29.0 Å². The van der Waals surface area contributed by atoms with E-state index >= 15 is 0 Å². The molecule has 2 N–H and O–H groups in total. The molecule has 154 valence electrons. The van der Waals surface area contributed by atoms with Crippen LogP contribution in [0.5, 0.6) is 0 Å². The van der Waals surface area contributed by atoms with Crippen molar-refractivity contribution in [1.29, 1.82) is 0 Å². The Bertz CT molecular complexity index is 1140. The number of nitrogens with one attached hydrogen (secondary N) is 2. The molecule has 0 saturated carbocycles. The molecular formula is C21H22N6O2S. The fourth-order valence-corrected chi connectivity index (χ4v) is 4.62. The number of amides is 1. The molecule has 0 radical (unpaired) electrons. The average Bonchev–Trinajstić information content (AvgIpc) is 3.38. The van der Waals surface area contributed by atoms with Crippen molar-refractivity contribution in [1.82, 2.24) is 25.1 Å². The number of hydrogen-bond acceptors (Lipinski definition) is 7. The predicted molar refractivity (Wildman–Crippen MR) is 116 cm³/mol. The zero-order chi connectivity index (χ0) is 21.3. The summed E-state index contributed by atoms with van der Waals surface area (Å²) < 4.78 is 0. The Morgan fingerprint density at radius 3 is 2.97 bits per heavy atom. The van der Waals surface area contributed by atoms with Gasteiger partial charge in [-0.2, -0.15) is 0 Å². The number of aromatic amines is 1. The molecule has 0 unspecified atom stereocenters. The maximum absolute atomic E-state index is 12.4. The van der Waals surface area contributed by atoms with Gasteiger partial charge in [0, 0.05) is 43.8 Å². The fourth-order valence-electron chi connectivity index (χ4n) is 3.86. The van der Waals surface area contributed by atoms with E-state index in [4.69, 9.17) is 6.42 Å². The van der Waals surface area contributed by atoms with E-state index in [2.05, 4.69) is 38.3 Å². The van der Waals surface area contributed by atoms with Crippen LogP contribution in [0, 0.1) is 18.3 Å². The van der Waals surface area contributed by atoms with Gasteiger partial charge < -0.3 is 15.2 Å². The van der Waals surface area contributed by atoms with Gasteiger partial charge in [-0.05, 0) is 18.4 Å². The van der Waals surface area contributed by atoms with Crippen LogP contribution in [0.15, 0.2) is 18.5 Å². The second-order valence-corrected chi connectivity index (χ2v) is 8.59. The standard InChI is InChI=1S/C21H22N6O2S/c1-4-5-17(29)27-10-12(2)8-14(11-27)24-18-15-6-7-22-19(15)23-9-16(18)21-26-25-20(30-21)13(3)28/h1,6-7,9,12,14H,5,8,10-11H2,2-3H3,(H2,22,23,24)/t12-,14+/m0/s1. The Hall–Kier alpha value is -3.25. The van der Waals surface area contributed by atoms with Crippen LogP contribution in [-0.2, 0) is 4.79 Å². The summed E-state index contributed by atoms with van der Waals surface area (Å²) in [4.78, 5) is 33.5.